The molecular formula is C27H30N2O3. The number of hydrogen-bond donors (Lipinski definition) is 0. The van der Waals surface area contributed by atoms with E-state index in [1.165, 1.54) is 5.69 Å². The van der Waals surface area contributed by atoms with Gasteiger partial charge in [0.1, 0.15) is 6.61 Å². The molecular weight excluding hydrogens is 400 g/mol. The Hall–Kier alpha value is -3.34. The predicted molar refractivity (Wildman–Crippen MR) is 127 cm³/mol. The average molecular weight is 431 g/mol. The first-order valence-electron chi connectivity index (χ1n) is 11.3. The van der Waals surface area contributed by atoms with Gasteiger partial charge in [0.2, 0.25) is 5.88 Å². The van der Waals surface area contributed by atoms with Crippen molar-refractivity contribution in [2.24, 2.45) is 5.92 Å². The summed E-state index contributed by atoms with van der Waals surface area (Å²) in [5.74, 6) is 0.614. The number of nitrogens with zero attached hydrogens (tertiary/aromatic N) is 2. The van der Waals surface area contributed by atoms with Crippen molar-refractivity contribution in [3.8, 4) is 17.0 Å². The van der Waals surface area contributed by atoms with Crippen LogP contribution in [0.15, 0.2) is 66.7 Å². The van der Waals surface area contributed by atoms with E-state index in [1.807, 2.05) is 38.1 Å². The van der Waals surface area contributed by atoms with E-state index in [0.717, 1.165) is 48.3 Å². The van der Waals surface area contributed by atoms with Crippen LogP contribution in [0, 0.1) is 12.8 Å². The van der Waals surface area contributed by atoms with Crippen LogP contribution >= 0.6 is 0 Å². The maximum atomic E-state index is 12.0. The van der Waals surface area contributed by atoms with Crippen LogP contribution in [0.5, 0.6) is 5.88 Å². The summed E-state index contributed by atoms with van der Waals surface area (Å²) in [5, 5.41) is 0. The van der Waals surface area contributed by atoms with Crippen molar-refractivity contribution < 1.29 is 14.3 Å². The molecule has 1 aromatic heterocycles. The number of benzene rings is 2. The second-order valence-electron chi connectivity index (χ2n) is 8.14. The van der Waals surface area contributed by atoms with E-state index in [9.17, 15) is 4.79 Å². The third kappa shape index (κ3) is 5.28. The molecule has 5 nitrogen and oxygen atoms in total. The number of piperidine rings is 1. The van der Waals surface area contributed by atoms with E-state index >= 15 is 0 Å². The molecule has 3 aromatic rings. The van der Waals surface area contributed by atoms with Crippen molar-refractivity contribution in [3.05, 3.63) is 78.0 Å². The van der Waals surface area contributed by atoms with Crippen LogP contribution in [-0.4, -0.2) is 30.6 Å². The van der Waals surface area contributed by atoms with Crippen LogP contribution in [0.2, 0.25) is 0 Å². The number of carbonyl (C=O) groups excluding carboxylic acids is 1. The maximum Gasteiger partial charge on any atom is 0.309 e. The lowest BCUT2D eigenvalue weighted by atomic mass is 9.96. The van der Waals surface area contributed by atoms with Crippen LogP contribution in [0.3, 0.4) is 0 Å². The summed E-state index contributed by atoms with van der Waals surface area (Å²) in [4.78, 5) is 19.0. The van der Waals surface area contributed by atoms with Crippen molar-refractivity contribution in [3.63, 3.8) is 0 Å². The molecule has 0 bridgehead atoms. The van der Waals surface area contributed by atoms with Gasteiger partial charge in [-0.05, 0) is 62.1 Å². The number of rotatable bonds is 7. The first kappa shape index (κ1) is 21.9. The van der Waals surface area contributed by atoms with Gasteiger partial charge >= 0.3 is 5.97 Å². The average Bonchev–Trinajstić information content (AvgIpc) is 2.84. The number of esters is 1. The summed E-state index contributed by atoms with van der Waals surface area (Å²) in [6.45, 7) is 6.49. The molecule has 166 valence electrons. The molecule has 0 N–H and O–H groups in total. The molecule has 0 saturated carbocycles. The quantitative estimate of drug-likeness (QED) is 0.469. The topological polar surface area (TPSA) is 51.7 Å². The smallest absolute Gasteiger partial charge is 0.309 e. The lowest BCUT2D eigenvalue weighted by Gasteiger charge is -2.32. The van der Waals surface area contributed by atoms with E-state index in [1.54, 1.807) is 0 Å². The van der Waals surface area contributed by atoms with E-state index in [-0.39, 0.29) is 11.9 Å². The van der Waals surface area contributed by atoms with Gasteiger partial charge in [0.25, 0.3) is 0 Å². The van der Waals surface area contributed by atoms with Gasteiger partial charge in [-0.25, -0.2) is 4.98 Å². The van der Waals surface area contributed by atoms with E-state index in [0.29, 0.717) is 19.1 Å². The Kier molecular flexibility index (Phi) is 7.05. The Morgan fingerprint density at radius 2 is 1.72 bits per heavy atom. The van der Waals surface area contributed by atoms with Crippen LogP contribution in [0.1, 0.15) is 31.0 Å². The largest absolute Gasteiger partial charge is 0.472 e. The Labute approximate surface area is 190 Å². The molecule has 0 radical (unpaired) electrons. The fraction of sp³-hybridized carbons (Fsp3) is 0.333. The van der Waals surface area contributed by atoms with E-state index in [4.69, 9.17) is 9.47 Å². The summed E-state index contributed by atoms with van der Waals surface area (Å²) in [5.41, 5.74) is 5.27. The number of ether oxygens (including phenoxy) is 2. The standard InChI is InChI=1S/C27H30N2O3/c1-3-31-27(30)23-15-17-29(18-16-23)24-12-10-22(11-13-24)25-14-9-20(2)28-26(25)32-19-21-7-5-4-6-8-21/h4-14,23H,3,15-19H2,1-2H3. The molecule has 1 aliphatic heterocycles. The minimum absolute atomic E-state index is 0.0217. The molecule has 1 fully saturated rings. The molecule has 4 rings (SSSR count). The first-order valence-corrected chi connectivity index (χ1v) is 11.3. The molecule has 1 saturated heterocycles. The lowest BCUT2D eigenvalue weighted by Crippen LogP contribution is -2.36. The SMILES string of the molecule is CCOC(=O)C1CCN(c2ccc(-c3ccc(C)nc3OCc3ccccc3)cc2)CC1. The van der Waals surface area contributed by atoms with Gasteiger partial charge in [-0.3, -0.25) is 4.79 Å². The molecule has 0 atom stereocenters. The molecule has 5 heteroatoms. The molecule has 2 aromatic carbocycles. The minimum Gasteiger partial charge on any atom is -0.472 e. The van der Waals surface area contributed by atoms with Crippen molar-refractivity contribution in [1.29, 1.82) is 0 Å². The van der Waals surface area contributed by atoms with Gasteiger partial charge in [-0.1, -0.05) is 42.5 Å². The fourth-order valence-corrected chi connectivity index (χ4v) is 4.07. The van der Waals surface area contributed by atoms with Crippen LogP contribution in [-0.2, 0) is 16.1 Å². The van der Waals surface area contributed by atoms with Gasteiger partial charge in [0, 0.05) is 30.0 Å². The summed E-state index contributed by atoms with van der Waals surface area (Å²) in [6, 6.07) is 22.7. The zero-order valence-electron chi connectivity index (χ0n) is 18.8. The Morgan fingerprint density at radius 1 is 1.00 bits per heavy atom. The summed E-state index contributed by atoms with van der Waals surface area (Å²) in [6.07, 6.45) is 1.67. The fourth-order valence-electron chi connectivity index (χ4n) is 4.07. The highest BCUT2D eigenvalue weighted by Gasteiger charge is 2.26. The van der Waals surface area contributed by atoms with Crippen LogP contribution in [0.4, 0.5) is 5.69 Å². The Balaban J connectivity index is 1.44. The molecule has 32 heavy (non-hydrogen) atoms. The second-order valence-corrected chi connectivity index (χ2v) is 8.14. The van der Waals surface area contributed by atoms with Gasteiger partial charge in [-0.15, -0.1) is 0 Å². The van der Waals surface area contributed by atoms with Crippen molar-refractivity contribution in [2.75, 3.05) is 24.6 Å². The predicted octanol–water partition coefficient (Wildman–Crippen LogP) is 5.42. The van der Waals surface area contributed by atoms with Gasteiger partial charge in [-0.2, -0.15) is 0 Å². The van der Waals surface area contributed by atoms with Gasteiger partial charge < -0.3 is 14.4 Å². The zero-order chi connectivity index (χ0) is 22.3. The summed E-state index contributed by atoms with van der Waals surface area (Å²) in [7, 11) is 0. The molecule has 0 spiro atoms. The number of pyridine rings is 1. The lowest BCUT2D eigenvalue weighted by molar-refractivity contribution is -0.148. The van der Waals surface area contributed by atoms with Crippen molar-refractivity contribution >= 4 is 11.7 Å². The normalized spacial score (nSPS) is 14.2. The van der Waals surface area contributed by atoms with Gasteiger partial charge in [0.15, 0.2) is 0 Å². The highest BCUT2D eigenvalue weighted by Crippen LogP contribution is 2.32. The number of hydrogen-bond acceptors (Lipinski definition) is 5. The third-order valence-electron chi connectivity index (χ3n) is 5.88. The first-order chi connectivity index (χ1) is 15.6. The summed E-state index contributed by atoms with van der Waals surface area (Å²) < 4.78 is 11.3. The Bertz CT molecular complexity index is 1030. The minimum atomic E-state index is -0.0580. The summed E-state index contributed by atoms with van der Waals surface area (Å²) >= 11 is 0. The number of aromatic nitrogens is 1. The number of aryl methyl sites for hydroxylation is 1. The number of anilines is 1. The van der Waals surface area contributed by atoms with E-state index < -0.39 is 0 Å². The van der Waals surface area contributed by atoms with E-state index in [2.05, 4.69) is 52.3 Å². The van der Waals surface area contributed by atoms with Crippen molar-refractivity contribution in [1.82, 2.24) is 4.98 Å². The molecule has 0 aliphatic carbocycles. The Morgan fingerprint density at radius 3 is 2.41 bits per heavy atom. The van der Waals surface area contributed by atoms with Crippen LogP contribution < -0.4 is 9.64 Å². The second kappa shape index (κ2) is 10.3. The number of carbonyl (C=O) groups is 1. The molecule has 2 heterocycles. The van der Waals surface area contributed by atoms with Crippen molar-refractivity contribution in [2.45, 2.75) is 33.3 Å². The third-order valence-corrected chi connectivity index (χ3v) is 5.88. The molecule has 1 aliphatic rings. The highest BCUT2D eigenvalue weighted by molar-refractivity contribution is 5.73. The molecule has 0 unspecified atom stereocenters. The van der Waals surface area contributed by atoms with Gasteiger partial charge in [0.05, 0.1) is 12.5 Å². The zero-order valence-corrected chi connectivity index (χ0v) is 18.8. The monoisotopic (exact) mass is 430 g/mol. The maximum absolute atomic E-state index is 12.0. The molecule has 0 amide bonds. The highest BCUT2D eigenvalue weighted by atomic mass is 16.5. The van der Waals surface area contributed by atoms with Crippen LogP contribution in [0.25, 0.3) is 11.1 Å².